The summed E-state index contributed by atoms with van der Waals surface area (Å²) in [4.78, 5) is 24.1. The third-order valence-corrected chi connectivity index (χ3v) is 6.78. The Morgan fingerprint density at radius 1 is 0.889 bits per heavy atom. The summed E-state index contributed by atoms with van der Waals surface area (Å²) in [5, 5.41) is 12.5. The van der Waals surface area contributed by atoms with Gasteiger partial charge in [-0.05, 0) is 47.7 Å². The average Bonchev–Trinajstić information content (AvgIpc) is 3.25. The number of hydrogen-bond acceptors (Lipinski definition) is 5. The maximum absolute atomic E-state index is 12.6. The summed E-state index contributed by atoms with van der Waals surface area (Å²) in [5.41, 5.74) is 4.69. The molecule has 3 aromatic carbocycles. The minimum Gasteiger partial charge on any atom is -0.325 e. The van der Waals surface area contributed by atoms with E-state index in [9.17, 15) is 9.59 Å². The molecule has 6 nitrogen and oxygen atoms in total. The highest BCUT2D eigenvalue weighted by atomic mass is 32.2. The second kappa shape index (κ2) is 10.9. The van der Waals surface area contributed by atoms with Gasteiger partial charge in [0.05, 0.1) is 12.3 Å². The lowest BCUT2D eigenvalue weighted by Gasteiger charge is -2.19. The fraction of sp³-hybridized carbons (Fsp3) is 0.241. The monoisotopic (exact) mass is 498 g/mol. The van der Waals surface area contributed by atoms with Crippen LogP contribution in [0.3, 0.4) is 0 Å². The van der Waals surface area contributed by atoms with Crippen LogP contribution in [-0.4, -0.2) is 32.2 Å². The van der Waals surface area contributed by atoms with E-state index >= 15 is 0 Å². The van der Waals surface area contributed by atoms with Crippen molar-refractivity contribution in [2.75, 3.05) is 11.1 Å². The van der Waals surface area contributed by atoms with E-state index in [-0.39, 0.29) is 22.9 Å². The van der Waals surface area contributed by atoms with Crippen molar-refractivity contribution in [2.24, 2.45) is 0 Å². The molecule has 0 aliphatic carbocycles. The van der Waals surface area contributed by atoms with Gasteiger partial charge in [0.2, 0.25) is 5.91 Å². The molecule has 7 heteroatoms. The van der Waals surface area contributed by atoms with Gasteiger partial charge in [0.1, 0.15) is 0 Å². The van der Waals surface area contributed by atoms with Gasteiger partial charge in [-0.1, -0.05) is 87.1 Å². The zero-order valence-electron chi connectivity index (χ0n) is 21.0. The Kier molecular flexibility index (Phi) is 7.70. The van der Waals surface area contributed by atoms with E-state index in [1.165, 1.54) is 24.2 Å². The fourth-order valence-electron chi connectivity index (χ4n) is 3.75. The third-order valence-electron chi connectivity index (χ3n) is 5.82. The molecule has 4 rings (SSSR count). The zero-order valence-corrected chi connectivity index (χ0v) is 21.8. The molecule has 0 bridgehead atoms. The van der Waals surface area contributed by atoms with Crippen molar-refractivity contribution in [1.82, 2.24) is 14.8 Å². The highest BCUT2D eigenvalue weighted by Crippen LogP contribution is 2.28. The molecule has 0 aliphatic rings. The maximum Gasteiger partial charge on any atom is 0.234 e. The highest BCUT2D eigenvalue weighted by Gasteiger charge is 2.18. The number of aromatic nitrogens is 3. The van der Waals surface area contributed by atoms with Crippen molar-refractivity contribution in [3.8, 4) is 11.4 Å². The van der Waals surface area contributed by atoms with E-state index in [1.807, 2.05) is 18.2 Å². The van der Waals surface area contributed by atoms with Gasteiger partial charge in [0, 0.05) is 16.8 Å². The van der Waals surface area contributed by atoms with Gasteiger partial charge in [-0.3, -0.25) is 14.2 Å². The minimum absolute atomic E-state index is 0.00923. The molecule has 0 spiro atoms. The quantitative estimate of drug-likeness (QED) is 0.230. The predicted octanol–water partition coefficient (Wildman–Crippen LogP) is 6.22. The van der Waals surface area contributed by atoms with Crippen LogP contribution >= 0.6 is 11.8 Å². The summed E-state index contributed by atoms with van der Waals surface area (Å²) in [6.45, 7) is 8.69. The minimum atomic E-state index is -0.152. The second-order valence-electron chi connectivity index (χ2n) is 9.68. The van der Waals surface area contributed by atoms with Gasteiger partial charge >= 0.3 is 0 Å². The summed E-state index contributed by atoms with van der Waals surface area (Å²) in [6, 6.07) is 25.5. The third kappa shape index (κ3) is 6.29. The molecule has 1 N–H and O–H groups in total. The van der Waals surface area contributed by atoms with Gasteiger partial charge in [0.25, 0.3) is 0 Å². The van der Waals surface area contributed by atoms with E-state index in [0.717, 1.165) is 17.0 Å². The van der Waals surface area contributed by atoms with Gasteiger partial charge in [-0.15, -0.1) is 10.2 Å². The molecule has 0 saturated carbocycles. The van der Waals surface area contributed by atoms with Crippen molar-refractivity contribution >= 4 is 29.1 Å². The molecule has 184 valence electrons. The second-order valence-corrected chi connectivity index (χ2v) is 10.6. The van der Waals surface area contributed by atoms with Crippen molar-refractivity contribution in [3.63, 3.8) is 0 Å². The lowest BCUT2D eigenvalue weighted by atomic mass is 9.87. The Hall–Kier alpha value is -3.71. The number of nitrogens with one attached hydrogen (secondary N) is 1. The van der Waals surface area contributed by atoms with Gasteiger partial charge < -0.3 is 5.32 Å². The number of carbonyl (C=O) groups is 2. The van der Waals surface area contributed by atoms with Crippen LogP contribution < -0.4 is 5.32 Å². The number of thioether (sulfide) groups is 1. The molecule has 4 aromatic rings. The first-order chi connectivity index (χ1) is 17.2. The normalized spacial score (nSPS) is 11.3. The smallest absolute Gasteiger partial charge is 0.234 e. The molecule has 1 amide bonds. The van der Waals surface area contributed by atoms with Crippen molar-refractivity contribution in [3.05, 3.63) is 95.6 Å². The first-order valence-corrected chi connectivity index (χ1v) is 12.8. The lowest BCUT2D eigenvalue weighted by Crippen LogP contribution is -2.15. The molecule has 0 fully saturated rings. The maximum atomic E-state index is 12.6. The fourth-order valence-corrected chi connectivity index (χ4v) is 4.49. The predicted molar refractivity (Wildman–Crippen MR) is 146 cm³/mol. The summed E-state index contributed by atoms with van der Waals surface area (Å²) >= 11 is 1.35. The van der Waals surface area contributed by atoms with Gasteiger partial charge in [-0.2, -0.15) is 0 Å². The van der Waals surface area contributed by atoms with Gasteiger partial charge in [-0.25, -0.2) is 0 Å². The van der Waals surface area contributed by atoms with E-state index in [0.29, 0.717) is 23.0 Å². The molecule has 1 heterocycles. The first kappa shape index (κ1) is 25.4. The number of ketones is 1. The van der Waals surface area contributed by atoms with Crippen LogP contribution in [-0.2, 0) is 16.8 Å². The Labute approximate surface area is 216 Å². The van der Waals surface area contributed by atoms with Gasteiger partial charge in [0.15, 0.2) is 16.8 Å². The zero-order chi connectivity index (χ0) is 25.7. The van der Waals surface area contributed by atoms with Crippen molar-refractivity contribution < 1.29 is 9.59 Å². The van der Waals surface area contributed by atoms with E-state index < -0.39 is 0 Å². The number of Topliss-reactive ketones (excluding diaryl/α,β-unsaturated/α-hetero) is 1. The number of hydrogen-bond donors (Lipinski definition) is 1. The Morgan fingerprint density at radius 3 is 2.17 bits per heavy atom. The number of nitrogens with zero attached hydrogens (tertiary/aromatic N) is 3. The summed E-state index contributed by atoms with van der Waals surface area (Å²) in [5.74, 6) is 0.789. The molecule has 0 unspecified atom stereocenters. The molecule has 0 atom stereocenters. The van der Waals surface area contributed by atoms with Crippen molar-refractivity contribution in [2.45, 2.75) is 44.8 Å². The average molecular weight is 499 g/mol. The Balaban J connectivity index is 1.53. The van der Waals surface area contributed by atoms with Crippen LogP contribution in [0, 0.1) is 0 Å². The Bertz CT molecular complexity index is 1340. The number of rotatable bonds is 8. The summed E-state index contributed by atoms with van der Waals surface area (Å²) in [7, 11) is 0. The van der Waals surface area contributed by atoms with Crippen LogP contribution in [0.1, 0.15) is 49.2 Å². The Morgan fingerprint density at radius 2 is 1.56 bits per heavy atom. The summed E-state index contributed by atoms with van der Waals surface area (Å²) < 4.78 is 2.06. The van der Waals surface area contributed by atoms with E-state index in [4.69, 9.17) is 0 Å². The SMILES string of the molecule is CC(=O)c1ccc(NC(=O)CSc2nnc(-c3ccc(C(C)(C)C)cc3)n2Cc2ccccc2)cc1. The number of benzene rings is 3. The molecule has 1 aromatic heterocycles. The van der Waals surface area contributed by atoms with Crippen LogP contribution in [0.5, 0.6) is 0 Å². The number of anilines is 1. The van der Waals surface area contributed by atoms with Crippen LogP contribution in [0.2, 0.25) is 0 Å². The van der Waals surface area contributed by atoms with E-state index in [2.05, 4.69) is 77.3 Å². The van der Waals surface area contributed by atoms with Crippen molar-refractivity contribution in [1.29, 1.82) is 0 Å². The molecular formula is C29H30N4O2S. The summed E-state index contributed by atoms with van der Waals surface area (Å²) in [6.07, 6.45) is 0. The molecule has 36 heavy (non-hydrogen) atoms. The standard InChI is InChI=1S/C29H30N4O2S/c1-20(34)22-12-16-25(17-13-22)30-26(35)19-36-28-32-31-27(33(28)18-21-8-6-5-7-9-21)23-10-14-24(15-11-23)29(2,3)4/h5-17H,18-19H2,1-4H3,(H,30,35). The molecular weight excluding hydrogens is 468 g/mol. The number of amides is 1. The van der Waals surface area contributed by atoms with Crippen LogP contribution in [0.4, 0.5) is 5.69 Å². The molecule has 0 radical (unpaired) electrons. The molecule has 0 saturated heterocycles. The molecule has 0 aliphatic heterocycles. The first-order valence-electron chi connectivity index (χ1n) is 11.8. The highest BCUT2D eigenvalue weighted by molar-refractivity contribution is 7.99. The van der Waals surface area contributed by atoms with Crippen LogP contribution in [0.15, 0.2) is 84.0 Å². The number of carbonyl (C=O) groups excluding carboxylic acids is 2. The topological polar surface area (TPSA) is 76.9 Å². The lowest BCUT2D eigenvalue weighted by molar-refractivity contribution is -0.113. The largest absolute Gasteiger partial charge is 0.325 e. The van der Waals surface area contributed by atoms with E-state index in [1.54, 1.807) is 24.3 Å². The van der Waals surface area contributed by atoms with Crippen LogP contribution in [0.25, 0.3) is 11.4 Å².